The molecule has 0 saturated carbocycles. The predicted molar refractivity (Wildman–Crippen MR) is 101 cm³/mol. The summed E-state index contributed by atoms with van der Waals surface area (Å²) < 4.78 is 40.0. The molecule has 3 aromatic rings. The molecule has 4 rings (SSSR count). The van der Waals surface area contributed by atoms with Crippen LogP contribution in [0.3, 0.4) is 0 Å². The van der Waals surface area contributed by atoms with Crippen molar-refractivity contribution in [1.82, 2.24) is 0 Å². The Bertz CT molecular complexity index is 1090. The highest BCUT2D eigenvalue weighted by molar-refractivity contribution is 7.90. The van der Waals surface area contributed by atoms with Crippen LogP contribution in [-0.4, -0.2) is 27.8 Å². The van der Waals surface area contributed by atoms with Crippen LogP contribution in [0.5, 0.6) is 11.5 Å². The van der Waals surface area contributed by atoms with E-state index in [4.69, 9.17) is 9.47 Å². The Labute approximate surface area is 152 Å². The highest BCUT2D eigenvalue weighted by Gasteiger charge is 2.17. The molecule has 0 spiro atoms. The Morgan fingerprint density at radius 3 is 2.46 bits per heavy atom. The topological polar surface area (TPSA) is 65.0 Å². The summed E-state index contributed by atoms with van der Waals surface area (Å²) in [5.41, 5.74) is 0.724. The molecule has 0 unspecified atom stereocenters. The number of hydrogen-bond donors (Lipinski definition) is 0. The zero-order chi connectivity index (χ0) is 18.0. The van der Waals surface area contributed by atoms with Gasteiger partial charge >= 0.3 is 0 Å². The van der Waals surface area contributed by atoms with Gasteiger partial charge in [0, 0.05) is 18.7 Å². The largest absolute Gasteiger partial charge is 0.490 e. The van der Waals surface area contributed by atoms with E-state index in [-0.39, 0.29) is 4.90 Å². The van der Waals surface area contributed by atoms with Crippen molar-refractivity contribution in [3.63, 3.8) is 0 Å². The molecule has 1 aliphatic rings. The van der Waals surface area contributed by atoms with Crippen molar-refractivity contribution in [2.45, 2.75) is 11.3 Å². The van der Waals surface area contributed by atoms with Gasteiger partial charge in [-0.3, -0.25) is 0 Å². The summed E-state index contributed by atoms with van der Waals surface area (Å²) in [6, 6.07) is 18.1. The van der Waals surface area contributed by atoms with Crippen LogP contribution in [-0.2, 0) is 10.0 Å². The molecule has 0 aliphatic carbocycles. The van der Waals surface area contributed by atoms with Gasteiger partial charge in [-0.05, 0) is 34.5 Å². The standard InChI is InChI=1S/C20H17NO4S/c22-26(23,18-8-9-19-20(13-18)25-11-3-10-24-19)21-14-15-6-7-16-4-1-2-5-17(16)12-15/h1-2,4-9,12-14H,3,10-11H2/b21-14-. The number of ether oxygens (including phenoxy) is 2. The molecule has 1 heterocycles. The average Bonchev–Trinajstić information content (AvgIpc) is 2.91. The fourth-order valence-corrected chi connectivity index (χ4v) is 3.66. The lowest BCUT2D eigenvalue weighted by Crippen LogP contribution is -2.00. The van der Waals surface area contributed by atoms with Gasteiger partial charge in [-0.2, -0.15) is 12.8 Å². The molecule has 0 bridgehead atoms. The van der Waals surface area contributed by atoms with E-state index < -0.39 is 10.0 Å². The molecule has 0 N–H and O–H groups in total. The second-order valence-corrected chi connectivity index (χ2v) is 7.61. The van der Waals surface area contributed by atoms with E-state index in [1.807, 2.05) is 42.5 Å². The van der Waals surface area contributed by atoms with Gasteiger partial charge < -0.3 is 9.47 Å². The van der Waals surface area contributed by atoms with Crippen molar-refractivity contribution in [1.29, 1.82) is 0 Å². The summed E-state index contributed by atoms with van der Waals surface area (Å²) in [6.07, 6.45) is 2.13. The van der Waals surface area contributed by atoms with Crippen molar-refractivity contribution in [2.75, 3.05) is 13.2 Å². The van der Waals surface area contributed by atoms with Crippen LogP contribution >= 0.6 is 0 Å². The SMILES string of the molecule is O=S(=O)(/N=C\c1ccc2ccccc2c1)c1ccc2c(c1)OCCCO2. The van der Waals surface area contributed by atoms with E-state index >= 15 is 0 Å². The molecule has 0 saturated heterocycles. The third-order valence-corrected chi connectivity index (χ3v) is 5.36. The zero-order valence-electron chi connectivity index (χ0n) is 14.0. The van der Waals surface area contributed by atoms with Crippen LogP contribution in [0.25, 0.3) is 10.8 Å². The zero-order valence-corrected chi connectivity index (χ0v) is 14.8. The van der Waals surface area contributed by atoms with Gasteiger partial charge in [-0.15, -0.1) is 0 Å². The first-order valence-electron chi connectivity index (χ1n) is 8.31. The molecule has 0 fully saturated rings. The third kappa shape index (κ3) is 3.41. The van der Waals surface area contributed by atoms with Crippen LogP contribution in [0.2, 0.25) is 0 Å². The molecule has 132 valence electrons. The minimum Gasteiger partial charge on any atom is -0.490 e. The van der Waals surface area contributed by atoms with E-state index in [1.54, 1.807) is 6.07 Å². The molecule has 5 nitrogen and oxygen atoms in total. The lowest BCUT2D eigenvalue weighted by atomic mass is 10.1. The second-order valence-electron chi connectivity index (χ2n) is 5.98. The highest BCUT2D eigenvalue weighted by atomic mass is 32.2. The van der Waals surface area contributed by atoms with Crippen molar-refractivity contribution in [3.05, 3.63) is 66.2 Å². The van der Waals surface area contributed by atoms with Crippen LogP contribution in [0.1, 0.15) is 12.0 Å². The number of hydrogen-bond acceptors (Lipinski definition) is 4. The minimum absolute atomic E-state index is 0.0822. The summed E-state index contributed by atoms with van der Waals surface area (Å²) in [7, 11) is -3.82. The van der Waals surface area contributed by atoms with Gasteiger partial charge in [0.2, 0.25) is 0 Å². The monoisotopic (exact) mass is 367 g/mol. The smallest absolute Gasteiger partial charge is 0.282 e. The number of nitrogens with zero attached hydrogens (tertiary/aromatic N) is 1. The van der Waals surface area contributed by atoms with E-state index in [0.29, 0.717) is 24.7 Å². The summed E-state index contributed by atoms with van der Waals surface area (Å²) in [4.78, 5) is 0.0822. The van der Waals surface area contributed by atoms with Crippen LogP contribution in [0.4, 0.5) is 0 Å². The first-order chi connectivity index (χ1) is 12.6. The van der Waals surface area contributed by atoms with Crippen molar-refractivity contribution in [2.24, 2.45) is 4.40 Å². The van der Waals surface area contributed by atoms with Gasteiger partial charge in [0.25, 0.3) is 10.0 Å². The van der Waals surface area contributed by atoms with Gasteiger partial charge in [0.05, 0.1) is 18.1 Å². The number of rotatable bonds is 3. The van der Waals surface area contributed by atoms with Crippen LogP contribution < -0.4 is 9.47 Å². The minimum atomic E-state index is -3.82. The van der Waals surface area contributed by atoms with Crippen molar-refractivity contribution >= 4 is 27.0 Å². The number of sulfonamides is 1. The molecular weight excluding hydrogens is 350 g/mol. The Hall–Kier alpha value is -2.86. The molecule has 1 aliphatic heterocycles. The highest BCUT2D eigenvalue weighted by Crippen LogP contribution is 2.32. The average molecular weight is 367 g/mol. The van der Waals surface area contributed by atoms with Gasteiger partial charge in [0.1, 0.15) is 0 Å². The quantitative estimate of drug-likeness (QED) is 0.660. The van der Waals surface area contributed by atoms with E-state index in [1.165, 1.54) is 18.3 Å². The van der Waals surface area contributed by atoms with E-state index in [9.17, 15) is 8.42 Å². The molecule has 3 aromatic carbocycles. The fraction of sp³-hybridized carbons (Fsp3) is 0.150. The molecule has 26 heavy (non-hydrogen) atoms. The first kappa shape index (κ1) is 16.6. The lowest BCUT2D eigenvalue weighted by Gasteiger charge is -2.08. The molecule has 6 heteroatoms. The van der Waals surface area contributed by atoms with Crippen molar-refractivity contribution in [3.8, 4) is 11.5 Å². The summed E-state index contributed by atoms with van der Waals surface area (Å²) in [6.45, 7) is 1.05. The molecule has 0 radical (unpaired) electrons. The van der Waals surface area contributed by atoms with Crippen LogP contribution in [0, 0.1) is 0 Å². The van der Waals surface area contributed by atoms with Gasteiger partial charge in [-0.1, -0.05) is 36.4 Å². The Balaban J connectivity index is 1.63. The summed E-state index contributed by atoms with van der Waals surface area (Å²) >= 11 is 0. The molecule has 0 atom stereocenters. The maximum absolute atomic E-state index is 12.5. The normalized spacial score (nSPS) is 14.5. The molecule has 0 amide bonds. The first-order valence-corrected chi connectivity index (χ1v) is 9.75. The van der Waals surface area contributed by atoms with E-state index in [2.05, 4.69) is 4.40 Å². The number of fused-ring (bicyclic) bond motifs is 2. The Kier molecular flexibility index (Phi) is 4.34. The van der Waals surface area contributed by atoms with E-state index in [0.717, 1.165) is 22.8 Å². The van der Waals surface area contributed by atoms with Crippen molar-refractivity contribution < 1.29 is 17.9 Å². The summed E-state index contributed by atoms with van der Waals surface area (Å²) in [5, 5.41) is 2.12. The third-order valence-electron chi connectivity index (χ3n) is 4.13. The maximum Gasteiger partial charge on any atom is 0.282 e. The lowest BCUT2D eigenvalue weighted by molar-refractivity contribution is 0.297. The molecule has 0 aromatic heterocycles. The Morgan fingerprint density at radius 2 is 1.62 bits per heavy atom. The maximum atomic E-state index is 12.5. The second kappa shape index (κ2) is 6.80. The predicted octanol–water partition coefficient (Wildman–Crippen LogP) is 3.81. The van der Waals surface area contributed by atoms with Gasteiger partial charge in [0.15, 0.2) is 11.5 Å². The Morgan fingerprint density at radius 1 is 0.846 bits per heavy atom. The summed E-state index contributed by atoms with van der Waals surface area (Å²) in [5.74, 6) is 0.990. The fourth-order valence-electron chi connectivity index (χ4n) is 2.78. The molecular formula is C20H17NO4S. The van der Waals surface area contributed by atoms with Crippen LogP contribution in [0.15, 0.2) is 70.0 Å². The number of benzene rings is 3. The van der Waals surface area contributed by atoms with Gasteiger partial charge in [-0.25, -0.2) is 0 Å².